The van der Waals surface area contributed by atoms with E-state index < -0.39 is 0 Å². The van der Waals surface area contributed by atoms with E-state index in [1.165, 1.54) is 11.5 Å². The van der Waals surface area contributed by atoms with Crippen molar-refractivity contribution in [1.29, 1.82) is 0 Å². The molecule has 0 aliphatic carbocycles. The number of rotatable bonds is 3. The van der Waals surface area contributed by atoms with Gasteiger partial charge < -0.3 is 10.5 Å². The van der Waals surface area contributed by atoms with Gasteiger partial charge in [-0.25, -0.2) is 0 Å². The average molecular weight is 285 g/mol. The van der Waals surface area contributed by atoms with Gasteiger partial charge in [-0.3, -0.25) is 0 Å². The lowest BCUT2D eigenvalue weighted by Gasteiger charge is -2.05. The largest absolute Gasteiger partial charge is 0.489 e. The van der Waals surface area contributed by atoms with E-state index in [-0.39, 0.29) is 0 Å². The lowest BCUT2D eigenvalue weighted by Crippen LogP contribution is -1.96. The van der Waals surface area contributed by atoms with E-state index in [4.69, 9.17) is 10.5 Å². The van der Waals surface area contributed by atoms with E-state index in [1.807, 2.05) is 24.3 Å². The highest BCUT2D eigenvalue weighted by Gasteiger charge is 2.02. The van der Waals surface area contributed by atoms with Gasteiger partial charge in [0, 0.05) is 16.2 Å². The fourth-order valence-corrected chi connectivity index (χ4v) is 2.00. The summed E-state index contributed by atoms with van der Waals surface area (Å²) >= 11 is 4.66. The Hall–Kier alpha value is -1.07. The summed E-state index contributed by atoms with van der Waals surface area (Å²) < 4.78 is 10.5. The van der Waals surface area contributed by atoms with Crippen molar-refractivity contribution < 1.29 is 4.74 Å². The second-order valence-electron chi connectivity index (χ2n) is 2.96. The molecule has 3 nitrogen and oxygen atoms in total. The number of hydrogen-bond acceptors (Lipinski definition) is 4. The number of nitrogens with two attached hydrogens (primary N) is 1. The molecular formula is C10H9BrN2OS. The van der Waals surface area contributed by atoms with Crippen LogP contribution in [0.1, 0.15) is 5.56 Å². The average Bonchev–Trinajstić information content (AvgIpc) is 2.61. The van der Waals surface area contributed by atoms with Crippen molar-refractivity contribution in [3.63, 3.8) is 0 Å². The standard InChI is InChI=1S/C10H9BrN2OS/c11-8-2-1-3-9(4-8)14-6-7-5-13-15-10(7)12/h1-5H,6,12H2. The molecule has 0 amide bonds. The Morgan fingerprint density at radius 2 is 2.33 bits per heavy atom. The Morgan fingerprint density at radius 3 is 3.00 bits per heavy atom. The second kappa shape index (κ2) is 4.63. The van der Waals surface area contributed by atoms with E-state index in [0.717, 1.165) is 15.8 Å². The molecule has 0 saturated carbocycles. The maximum Gasteiger partial charge on any atom is 0.120 e. The molecule has 0 bridgehead atoms. The zero-order valence-electron chi connectivity index (χ0n) is 7.81. The molecule has 0 aliphatic heterocycles. The van der Waals surface area contributed by atoms with E-state index in [9.17, 15) is 0 Å². The number of nitrogen functional groups attached to an aromatic ring is 1. The van der Waals surface area contributed by atoms with Gasteiger partial charge in [-0.1, -0.05) is 22.0 Å². The molecule has 1 heterocycles. The molecule has 0 saturated heterocycles. The smallest absolute Gasteiger partial charge is 0.120 e. The number of anilines is 1. The molecule has 5 heteroatoms. The van der Waals surface area contributed by atoms with Crippen molar-refractivity contribution in [1.82, 2.24) is 4.37 Å². The minimum Gasteiger partial charge on any atom is -0.489 e. The molecule has 0 spiro atoms. The van der Waals surface area contributed by atoms with Crippen molar-refractivity contribution in [2.24, 2.45) is 0 Å². The molecule has 0 atom stereocenters. The first-order chi connectivity index (χ1) is 7.25. The zero-order chi connectivity index (χ0) is 10.7. The highest BCUT2D eigenvalue weighted by Crippen LogP contribution is 2.21. The molecule has 0 unspecified atom stereocenters. The van der Waals surface area contributed by atoms with Crippen LogP contribution in [0.25, 0.3) is 0 Å². The Balaban J connectivity index is 2.02. The minimum absolute atomic E-state index is 0.457. The third-order valence-electron chi connectivity index (χ3n) is 1.87. The summed E-state index contributed by atoms with van der Waals surface area (Å²) in [4.78, 5) is 0. The van der Waals surface area contributed by atoms with Crippen molar-refractivity contribution >= 4 is 32.5 Å². The van der Waals surface area contributed by atoms with Crippen LogP contribution < -0.4 is 10.5 Å². The quantitative estimate of drug-likeness (QED) is 0.942. The lowest BCUT2D eigenvalue weighted by molar-refractivity contribution is 0.307. The monoisotopic (exact) mass is 284 g/mol. The first-order valence-electron chi connectivity index (χ1n) is 4.33. The summed E-state index contributed by atoms with van der Waals surface area (Å²) in [5, 5.41) is 0.713. The molecule has 2 aromatic rings. The maximum atomic E-state index is 5.70. The van der Waals surface area contributed by atoms with Crippen molar-refractivity contribution in [2.45, 2.75) is 6.61 Å². The highest BCUT2D eigenvalue weighted by molar-refractivity contribution is 9.10. The Labute approximate surface area is 100 Å². The third-order valence-corrected chi connectivity index (χ3v) is 3.03. The van der Waals surface area contributed by atoms with Gasteiger partial charge in [0.05, 0.1) is 0 Å². The molecule has 0 radical (unpaired) electrons. The summed E-state index contributed by atoms with van der Waals surface area (Å²) in [6, 6.07) is 7.69. The van der Waals surface area contributed by atoms with Crippen LogP contribution in [0.3, 0.4) is 0 Å². The van der Waals surface area contributed by atoms with Crippen LogP contribution in [0.15, 0.2) is 34.9 Å². The van der Waals surface area contributed by atoms with Gasteiger partial charge in [-0.05, 0) is 29.7 Å². The minimum atomic E-state index is 0.457. The first kappa shape index (κ1) is 10.4. The maximum absolute atomic E-state index is 5.70. The Bertz CT molecular complexity index is 458. The zero-order valence-corrected chi connectivity index (χ0v) is 10.2. The van der Waals surface area contributed by atoms with E-state index in [2.05, 4.69) is 20.3 Å². The third kappa shape index (κ3) is 2.70. The van der Waals surface area contributed by atoms with E-state index in [0.29, 0.717) is 11.6 Å². The van der Waals surface area contributed by atoms with Gasteiger partial charge in [0.1, 0.15) is 17.4 Å². The normalized spacial score (nSPS) is 10.2. The molecule has 15 heavy (non-hydrogen) atoms. The van der Waals surface area contributed by atoms with Crippen LogP contribution in [0, 0.1) is 0 Å². The van der Waals surface area contributed by atoms with Gasteiger partial charge in [-0.15, -0.1) is 0 Å². The fourth-order valence-electron chi connectivity index (χ4n) is 1.10. The van der Waals surface area contributed by atoms with E-state index >= 15 is 0 Å². The van der Waals surface area contributed by atoms with Gasteiger partial charge in [0.15, 0.2) is 0 Å². The molecule has 2 rings (SSSR count). The number of hydrogen-bond donors (Lipinski definition) is 1. The number of ether oxygens (including phenoxy) is 1. The number of aromatic nitrogens is 1. The topological polar surface area (TPSA) is 48.1 Å². The summed E-state index contributed by atoms with van der Waals surface area (Å²) in [6.45, 7) is 0.457. The number of nitrogens with zero attached hydrogens (tertiary/aromatic N) is 1. The molecule has 78 valence electrons. The number of halogens is 1. The van der Waals surface area contributed by atoms with Gasteiger partial charge in [-0.2, -0.15) is 4.37 Å². The van der Waals surface area contributed by atoms with Crippen molar-refractivity contribution in [3.05, 3.63) is 40.5 Å². The Kier molecular flexibility index (Phi) is 3.23. The molecule has 0 aliphatic rings. The van der Waals surface area contributed by atoms with Crippen LogP contribution in [-0.4, -0.2) is 4.37 Å². The predicted octanol–water partition coefficient (Wildman–Crippen LogP) is 3.07. The molecule has 2 N–H and O–H groups in total. The van der Waals surface area contributed by atoms with Gasteiger partial charge >= 0.3 is 0 Å². The van der Waals surface area contributed by atoms with Crippen molar-refractivity contribution in [3.8, 4) is 5.75 Å². The molecule has 0 fully saturated rings. The first-order valence-corrected chi connectivity index (χ1v) is 5.90. The van der Waals surface area contributed by atoms with Crippen LogP contribution in [-0.2, 0) is 6.61 Å². The second-order valence-corrected chi connectivity index (χ2v) is 4.71. The van der Waals surface area contributed by atoms with Gasteiger partial charge in [0.2, 0.25) is 0 Å². The fraction of sp³-hybridized carbons (Fsp3) is 0.100. The van der Waals surface area contributed by atoms with Crippen LogP contribution in [0.2, 0.25) is 0 Å². The van der Waals surface area contributed by atoms with Gasteiger partial charge in [0.25, 0.3) is 0 Å². The Morgan fingerprint density at radius 1 is 1.47 bits per heavy atom. The predicted molar refractivity (Wildman–Crippen MR) is 65.0 cm³/mol. The summed E-state index contributed by atoms with van der Waals surface area (Å²) in [6.07, 6.45) is 1.73. The van der Waals surface area contributed by atoms with Crippen LogP contribution in [0.4, 0.5) is 5.00 Å². The van der Waals surface area contributed by atoms with Crippen molar-refractivity contribution in [2.75, 3.05) is 5.73 Å². The molecular weight excluding hydrogens is 276 g/mol. The molecule has 1 aromatic heterocycles. The summed E-state index contributed by atoms with van der Waals surface area (Å²) in [5.74, 6) is 0.815. The SMILES string of the molecule is Nc1sncc1COc1cccc(Br)c1. The molecule has 1 aromatic carbocycles. The number of benzene rings is 1. The summed E-state index contributed by atoms with van der Waals surface area (Å²) in [7, 11) is 0. The highest BCUT2D eigenvalue weighted by atomic mass is 79.9. The van der Waals surface area contributed by atoms with Crippen LogP contribution in [0.5, 0.6) is 5.75 Å². The lowest BCUT2D eigenvalue weighted by atomic mass is 10.3. The van der Waals surface area contributed by atoms with Crippen LogP contribution >= 0.6 is 27.5 Å². The summed E-state index contributed by atoms with van der Waals surface area (Å²) in [5.41, 5.74) is 6.63. The van der Waals surface area contributed by atoms with E-state index in [1.54, 1.807) is 6.20 Å².